The van der Waals surface area contributed by atoms with E-state index in [1.54, 1.807) is 20.8 Å². The van der Waals surface area contributed by atoms with Crippen molar-refractivity contribution in [3.8, 4) is 0 Å². The number of fused-ring (bicyclic) bond motifs is 1. The molecule has 0 aliphatic heterocycles. The first-order chi connectivity index (χ1) is 10.8. The lowest BCUT2D eigenvalue weighted by Gasteiger charge is -2.20. The first kappa shape index (κ1) is 16.9. The van der Waals surface area contributed by atoms with Crippen LogP contribution in [0.4, 0.5) is 4.79 Å². The molecule has 0 radical (unpaired) electrons. The molecule has 0 saturated heterocycles. The van der Waals surface area contributed by atoms with Crippen molar-refractivity contribution < 1.29 is 19.4 Å². The number of hydrogen-bond acceptors (Lipinski definition) is 3. The number of ether oxygens (including phenoxy) is 1. The van der Waals surface area contributed by atoms with E-state index in [1.807, 2.05) is 30.5 Å². The third-order valence-corrected chi connectivity index (χ3v) is 3.38. The second-order valence-electron chi connectivity index (χ2n) is 6.48. The van der Waals surface area contributed by atoms with Crippen molar-refractivity contribution in [3.05, 3.63) is 36.0 Å². The Labute approximate surface area is 134 Å². The molecule has 1 atom stereocenters. The molecule has 0 unspecified atom stereocenters. The SMILES string of the molecule is CC(C)(C)OC(=O)NC[C@H](Cc1c[nH]c2ccccc12)C(=O)O. The molecule has 2 rings (SSSR count). The standard InChI is InChI=1S/C17H22N2O4/c1-17(2,3)23-16(22)19-10-12(15(20)21)8-11-9-18-14-7-5-4-6-13(11)14/h4-7,9,12,18H,8,10H2,1-3H3,(H,19,22)(H,20,21)/t12-/m0/s1. The zero-order valence-corrected chi connectivity index (χ0v) is 13.6. The quantitative estimate of drug-likeness (QED) is 0.790. The number of aromatic nitrogens is 1. The van der Waals surface area contributed by atoms with E-state index in [9.17, 15) is 14.7 Å². The maximum atomic E-state index is 11.7. The van der Waals surface area contributed by atoms with Crippen molar-refractivity contribution in [1.82, 2.24) is 10.3 Å². The summed E-state index contributed by atoms with van der Waals surface area (Å²) in [6.45, 7) is 5.29. The normalized spacial score (nSPS) is 12.8. The number of carboxylic acids is 1. The molecule has 124 valence electrons. The van der Waals surface area contributed by atoms with Crippen molar-refractivity contribution in [2.45, 2.75) is 32.8 Å². The first-order valence-corrected chi connectivity index (χ1v) is 7.51. The Morgan fingerprint density at radius 3 is 2.65 bits per heavy atom. The van der Waals surface area contributed by atoms with Crippen molar-refractivity contribution in [2.24, 2.45) is 5.92 Å². The van der Waals surface area contributed by atoms with Gasteiger partial charge in [-0.05, 0) is 38.8 Å². The predicted octanol–water partition coefficient (Wildman–Crippen LogP) is 2.94. The highest BCUT2D eigenvalue weighted by molar-refractivity contribution is 5.84. The third-order valence-electron chi connectivity index (χ3n) is 3.38. The van der Waals surface area contributed by atoms with E-state index >= 15 is 0 Å². The van der Waals surface area contributed by atoms with Gasteiger partial charge in [0.15, 0.2) is 0 Å². The molecule has 1 aromatic heterocycles. The summed E-state index contributed by atoms with van der Waals surface area (Å²) in [5, 5.41) is 12.9. The van der Waals surface area contributed by atoms with Gasteiger partial charge in [-0.2, -0.15) is 0 Å². The Kier molecular flexibility index (Phi) is 4.93. The summed E-state index contributed by atoms with van der Waals surface area (Å²) in [6.07, 6.45) is 1.53. The number of para-hydroxylation sites is 1. The van der Waals surface area contributed by atoms with Crippen LogP contribution in [0.1, 0.15) is 26.3 Å². The topological polar surface area (TPSA) is 91.4 Å². The lowest BCUT2D eigenvalue weighted by molar-refractivity contribution is -0.141. The van der Waals surface area contributed by atoms with Crippen LogP contribution in [0.15, 0.2) is 30.5 Å². The second kappa shape index (κ2) is 6.73. The molecular formula is C17H22N2O4. The van der Waals surface area contributed by atoms with Crippen LogP contribution >= 0.6 is 0 Å². The Morgan fingerprint density at radius 2 is 2.00 bits per heavy atom. The number of hydrogen-bond donors (Lipinski definition) is 3. The molecule has 0 fully saturated rings. The van der Waals surface area contributed by atoms with Crippen LogP contribution in [0.2, 0.25) is 0 Å². The molecule has 0 bridgehead atoms. The summed E-state index contributed by atoms with van der Waals surface area (Å²) in [5.74, 6) is -1.67. The van der Waals surface area contributed by atoms with Crippen LogP contribution in [-0.2, 0) is 16.0 Å². The third kappa shape index (κ3) is 4.74. The molecule has 1 aromatic carbocycles. The Balaban J connectivity index is 2.02. The fraction of sp³-hybridized carbons (Fsp3) is 0.412. The minimum absolute atomic E-state index is 0.0176. The van der Waals surface area contributed by atoms with Crippen LogP contribution in [0.3, 0.4) is 0 Å². The molecule has 6 heteroatoms. The van der Waals surface area contributed by atoms with E-state index in [2.05, 4.69) is 10.3 Å². The maximum absolute atomic E-state index is 11.7. The number of H-pyrrole nitrogens is 1. The van der Waals surface area contributed by atoms with Crippen molar-refractivity contribution in [3.63, 3.8) is 0 Å². The largest absolute Gasteiger partial charge is 0.481 e. The molecule has 23 heavy (non-hydrogen) atoms. The number of benzene rings is 1. The summed E-state index contributed by atoms with van der Waals surface area (Å²) in [5.41, 5.74) is 1.27. The molecule has 6 nitrogen and oxygen atoms in total. The van der Waals surface area contributed by atoms with Crippen molar-refractivity contribution >= 4 is 23.0 Å². The molecule has 1 amide bonds. The van der Waals surface area contributed by atoms with Crippen LogP contribution < -0.4 is 5.32 Å². The highest BCUT2D eigenvalue weighted by Crippen LogP contribution is 2.20. The maximum Gasteiger partial charge on any atom is 0.407 e. The highest BCUT2D eigenvalue weighted by atomic mass is 16.6. The van der Waals surface area contributed by atoms with Gasteiger partial charge in [-0.1, -0.05) is 18.2 Å². The number of alkyl carbamates (subject to hydrolysis) is 1. The first-order valence-electron chi connectivity index (χ1n) is 7.51. The van der Waals surface area contributed by atoms with Gasteiger partial charge >= 0.3 is 12.1 Å². The molecule has 0 aliphatic rings. The van der Waals surface area contributed by atoms with Crippen molar-refractivity contribution in [2.75, 3.05) is 6.54 Å². The van der Waals surface area contributed by atoms with Crippen LogP contribution in [0.5, 0.6) is 0 Å². The van der Waals surface area contributed by atoms with E-state index in [4.69, 9.17) is 4.74 Å². The Bertz CT molecular complexity index is 700. The van der Waals surface area contributed by atoms with Gasteiger partial charge in [-0.15, -0.1) is 0 Å². The number of amides is 1. The summed E-state index contributed by atoms with van der Waals surface area (Å²) >= 11 is 0. The van der Waals surface area contributed by atoms with Gasteiger partial charge in [0.05, 0.1) is 5.92 Å². The molecular weight excluding hydrogens is 296 g/mol. The average molecular weight is 318 g/mol. The minimum atomic E-state index is -0.952. The Hall–Kier alpha value is -2.50. The number of aromatic amines is 1. The van der Waals surface area contributed by atoms with E-state index in [-0.39, 0.29) is 6.54 Å². The summed E-state index contributed by atoms with van der Waals surface area (Å²) in [4.78, 5) is 26.2. The van der Waals surface area contributed by atoms with E-state index in [0.29, 0.717) is 6.42 Å². The van der Waals surface area contributed by atoms with Gasteiger partial charge in [0.1, 0.15) is 5.60 Å². The van der Waals surface area contributed by atoms with Gasteiger partial charge in [-0.3, -0.25) is 4.79 Å². The minimum Gasteiger partial charge on any atom is -0.481 e. The highest BCUT2D eigenvalue weighted by Gasteiger charge is 2.22. The number of carboxylic acid groups (broad SMARTS) is 1. The van der Waals surface area contributed by atoms with Crippen LogP contribution in [-0.4, -0.2) is 34.3 Å². The van der Waals surface area contributed by atoms with E-state index in [0.717, 1.165) is 16.5 Å². The van der Waals surface area contributed by atoms with Crippen molar-refractivity contribution in [1.29, 1.82) is 0 Å². The molecule has 0 spiro atoms. The molecule has 0 aliphatic carbocycles. The molecule has 3 N–H and O–H groups in total. The van der Waals surface area contributed by atoms with Gasteiger partial charge in [0, 0.05) is 23.6 Å². The smallest absolute Gasteiger partial charge is 0.407 e. The van der Waals surface area contributed by atoms with Gasteiger partial charge in [-0.25, -0.2) is 4.79 Å². The Morgan fingerprint density at radius 1 is 1.30 bits per heavy atom. The summed E-state index contributed by atoms with van der Waals surface area (Å²) in [7, 11) is 0. The lowest BCUT2D eigenvalue weighted by atomic mass is 9.99. The predicted molar refractivity (Wildman–Crippen MR) is 87.4 cm³/mol. The number of aliphatic carboxylic acids is 1. The number of rotatable bonds is 5. The zero-order valence-electron chi connectivity index (χ0n) is 13.6. The van der Waals surface area contributed by atoms with Crippen LogP contribution in [0, 0.1) is 5.92 Å². The lowest BCUT2D eigenvalue weighted by Crippen LogP contribution is -2.37. The second-order valence-corrected chi connectivity index (χ2v) is 6.48. The van der Waals surface area contributed by atoms with Gasteiger partial charge in [0.25, 0.3) is 0 Å². The van der Waals surface area contributed by atoms with E-state index in [1.165, 1.54) is 0 Å². The zero-order chi connectivity index (χ0) is 17.0. The summed E-state index contributed by atoms with van der Waals surface area (Å²) in [6, 6.07) is 7.71. The summed E-state index contributed by atoms with van der Waals surface area (Å²) < 4.78 is 5.12. The number of carbonyl (C=O) groups is 2. The molecule has 1 heterocycles. The number of nitrogens with one attached hydrogen (secondary N) is 2. The molecule has 0 saturated carbocycles. The molecule has 2 aromatic rings. The van der Waals surface area contributed by atoms with Gasteiger partial charge < -0.3 is 20.1 Å². The number of carbonyl (C=O) groups excluding carboxylic acids is 1. The van der Waals surface area contributed by atoms with Crippen LogP contribution in [0.25, 0.3) is 10.9 Å². The average Bonchev–Trinajstić information content (AvgIpc) is 2.84. The fourth-order valence-electron chi connectivity index (χ4n) is 2.33. The monoisotopic (exact) mass is 318 g/mol. The van der Waals surface area contributed by atoms with E-state index < -0.39 is 23.6 Å². The van der Waals surface area contributed by atoms with Gasteiger partial charge in [0.2, 0.25) is 0 Å². The fourth-order valence-corrected chi connectivity index (χ4v) is 2.33.